The van der Waals surface area contributed by atoms with Gasteiger partial charge in [-0.2, -0.15) is 5.10 Å². The van der Waals surface area contributed by atoms with Gasteiger partial charge in [-0.25, -0.2) is 19.0 Å². The molecule has 6 N–H and O–H groups in total. The second-order valence-corrected chi connectivity index (χ2v) is 7.40. The minimum atomic E-state index is -2.54. The first-order valence-electron chi connectivity index (χ1n) is 10.1. The third-order valence-electron chi connectivity index (χ3n) is 5.03. The molecule has 34 heavy (non-hydrogen) atoms. The Bertz CT molecular complexity index is 1210. The van der Waals surface area contributed by atoms with Crippen LogP contribution < -0.4 is 17.0 Å². The molecule has 10 heteroatoms. The maximum atomic E-state index is 15.6. The maximum Gasteiger partial charge on any atom is 0.176 e. The number of rotatable bonds is 7. The van der Waals surface area contributed by atoms with Crippen molar-refractivity contribution >= 4 is 12.0 Å². The van der Waals surface area contributed by atoms with Crippen LogP contribution >= 0.6 is 0 Å². The van der Waals surface area contributed by atoms with Gasteiger partial charge in [0.05, 0.1) is 12.2 Å². The first-order valence-corrected chi connectivity index (χ1v) is 10.1. The predicted octanol–water partition coefficient (Wildman–Crippen LogP) is 2.78. The second kappa shape index (κ2) is 10.7. The Morgan fingerprint density at radius 3 is 2.41 bits per heavy atom. The fourth-order valence-corrected chi connectivity index (χ4v) is 3.29. The molecule has 0 radical (unpaired) electrons. The first-order chi connectivity index (χ1) is 16.3. The molecule has 2 aromatic carbocycles. The Balaban J connectivity index is 1.90. The summed E-state index contributed by atoms with van der Waals surface area (Å²) < 4.78 is 43.5. The summed E-state index contributed by atoms with van der Waals surface area (Å²) >= 11 is 0. The highest BCUT2D eigenvalue weighted by atomic mass is 19.1. The third-order valence-corrected chi connectivity index (χ3v) is 5.03. The first kappa shape index (κ1) is 24.6. The number of hydrazone groups is 1. The molecular formula is C24H23F3N6O. The highest BCUT2D eigenvalue weighted by molar-refractivity contribution is 5.54. The van der Waals surface area contributed by atoms with Crippen molar-refractivity contribution in [3.05, 3.63) is 94.8 Å². The third kappa shape index (κ3) is 5.64. The number of hydrogen-bond donors (Lipinski definition) is 4. The normalized spacial score (nSPS) is 13.6. The number of aliphatic hydroxyl groups is 1. The van der Waals surface area contributed by atoms with Gasteiger partial charge in [0.25, 0.3) is 0 Å². The van der Waals surface area contributed by atoms with Crippen LogP contribution in [0.5, 0.6) is 0 Å². The van der Waals surface area contributed by atoms with E-state index in [0.717, 1.165) is 34.7 Å². The number of halogens is 3. The lowest BCUT2D eigenvalue weighted by Crippen LogP contribution is -2.47. The molecule has 2 unspecified atom stereocenters. The van der Waals surface area contributed by atoms with Crippen LogP contribution in [0.25, 0.3) is 0 Å². The zero-order chi connectivity index (χ0) is 24.7. The number of benzene rings is 2. The van der Waals surface area contributed by atoms with E-state index in [-0.39, 0.29) is 5.69 Å². The van der Waals surface area contributed by atoms with Crippen LogP contribution in [0.15, 0.2) is 65.9 Å². The van der Waals surface area contributed by atoms with Crippen molar-refractivity contribution in [3.8, 4) is 11.8 Å². The molecular weight excluding hydrogens is 445 g/mol. The van der Waals surface area contributed by atoms with Crippen molar-refractivity contribution in [2.75, 3.05) is 18.9 Å². The monoisotopic (exact) mass is 468 g/mol. The minimum absolute atomic E-state index is 0.201. The van der Waals surface area contributed by atoms with Crippen molar-refractivity contribution in [2.24, 2.45) is 16.8 Å². The van der Waals surface area contributed by atoms with Gasteiger partial charge in [-0.1, -0.05) is 17.9 Å². The lowest BCUT2D eigenvalue weighted by molar-refractivity contribution is -0.0600. The van der Waals surface area contributed by atoms with Crippen molar-refractivity contribution in [1.29, 1.82) is 0 Å². The molecule has 3 rings (SSSR count). The topological polar surface area (TPSA) is 113 Å². The lowest BCUT2D eigenvalue weighted by Gasteiger charge is -2.34. The second-order valence-electron chi connectivity index (χ2n) is 7.40. The predicted molar refractivity (Wildman–Crippen MR) is 124 cm³/mol. The fourth-order valence-electron chi connectivity index (χ4n) is 3.29. The standard InChI is InChI=1S/C24H23F3N6O/c1-30-19-8-4-16(5-9-19)2-3-17-6-11-22(31-13-17)23(27)24(34,14-33(29)15-32-28)20-10-7-18(25)12-21(20)26/h4-13,15,23,30,34H,14,28-29H2,1H3/b32-15-. The molecule has 0 aliphatic carbocycles. The van der Waals surface area contributed by atoms with E-state index in [9.17, 15) is 13.9 Å². The molecule has 0 spiro atoms. The molecule has 176 valence electrons. The van der Waals surface area contributed by atoms with E-state index in [0.29, 0.717) is 11.6 Å². The number of pyridine rings is 1. The average molecular weight is 468 g/mol. The van der Waals surface area contributed by atoms with Crippen LogP contribution in [0.3, 0.4) is 0 Å². The van der Waals surface area contributed by atoms with Crippen LogP contribution in [-0.2, 0) is 5.60 Å². The quantitative estimate of drug-likeness (QED) is 0.139. The molecule has 7 nitrogen and oxygen atoms in total. The summed E-state index contributed by atoms with van der Waals surface area (Å²) in [6.45, 7) is -0.650. The Kier molecular flexibility index (Phi) is 7.73. The highest BCUT2D eigenvalue weighted by Gasteiger charge is 2.44. The summed E-state index contributed by atoms with van der Waals surface area (Å²) in [5.74, 6) is 14.6. The van der Waals surface area contributed by atoms with Crippen LogP contribution in [0.1, 0.15) is 28.6 Å². The zero-order valence-electron chi connectivity index (χ0n) is 18.2. The SMILES string of the molecule is CNc1ccc(C#Cc2ccc(C(F)C(O)(CN(N)/C=N\N)c3ccc(F)cc3F)nc2)cc1. The van der Waals surface area contributed by atoms with Gasteiger partial charge >= 0.3 is 0 Å². The Morgan fingerprint density at radius 1 is 1.15 bits per heavy atom. The number of hydrazine groups is 1. The fraction of sp³-hybridized carbons (Fsp3) is 0.167. The van der Waals surface area contributed by atoms with E-state index >= 15 is 4.39 Å². The summed E-state index contributed by atoms with van der Waals surface area (Å²) in [5, 5.41) is 18.2. The Hall–Kier alpha value is -4.07. The van der Waals surface area contributed by atoms with Crippen molar-refractivity contribution in [3.63, 3.8) is 0 Å². The largest absolute Gasteiger partial charge is 0.388 e. The van der Waals surface area contributed by atoms with E-state index in [4.69, 9.17) is 11.7 Å². The van der Waals surface area contributed by atoms with E-state index < -0.39 is 35.5 Å². The van der Waals surface area contributed by atoms with Gasteiger partial charge in [0.15, 0.2) is 6.17 Å². The molecule has 0 aliphatic heterocycles. The van der Waals surface area contributed by atoms with Crippen molar-refractivity contribution in [2.45, 2.75) is 11.8 Å². The minimum Gasteiger partial charge on any atom is -0.388 e. The molecule has 0 saturated carbocycles. The highest BCUT2D eigenvalue weighted by Crippen LogP contribution is 2.39. The summed E-state index contributed by atoms with van der Waals surface area (Å²) in [7, 11) is 1.81. The van der Waals surface area contributed by atoms with Crippen molar-refractivity contribution < 1.29 is 18.3 Å². The number of anilines is 1. The molecule has 2 atom stereocenters. The van der Waals surface area contributed by atoms with Gasteiger partial charge in [0.1, 0.15) is 23.6 Å². The number of nitrogens with zero attached hydrogens (tertiary/aromatic N) is 3. The van der Waals surface area contributed by atoms with Gasteiger partial charge in [0.2, 0.25) is 0 Å². The van der Waals surface area contributed by atoms with Crippen molar-refractivity contribution in [1.82, 2.24) is 9.99 Å². The van der Waals surface area contributed by atoms with Crippen LogP contribution in [0.2, 0.25) is 0 Å². The molecule has 1 heterocycles. The average Bonchev–Trinajstić information content (AvgIpc) is 2.83. The smallest absolute Gasteiger partial charge is 0.176 e. The Labute approximate surface area is 194 Å². The van der Waals surface area contributed by atoms with Gasteiger partial charge < -0.3 is 16.3 Å². The molecule has 0 saturated heterocycles. The van der Waals surface area contributed by atoms with Gasteiger partial charge in [-0.15, -0.1) is 0 Å². The van der Waals surface area contributed by atoms with Gasteiger partial charge in [0, 0.05) is 41.7 Å². The summed E-state index contributed by atoms with van der Waals surface area (Å²) in [6, 6.07) is 12.7. The summed E-state index contributed by atoms with van der Waals surface area (Å²) in [6.07, 6.45) is 0.0228. The molecule has 0 bridgehead atoms. The van der Waals surface area contributed by atoms with E-state index in [1.54, 1.807) is 0 Å². The molecule has 1 aromatic heterocycles. The van der Waals surface area contributed by atoms with Crippen LogP contribution in [-0.4, -0.2) is 35.0 Å². The molecule has 0 aliphatic rings. The van der Waals surface area contributed by atoms with Gasteiger partial charge in [-0.3, -0.25) is 9.99 Å². The summed E-state index contributed by atoms with van der Waals surface area (Å²) in [4.78, 5) is 4.05. The molecule has 0 fully saturated rings. The number of hydrogen-bond acceptors (Lipinski definition) is 6. The zero-order valence-corrected chi connectivity index (χ0v) is 18.2. The maximum absolute atomic E-state index is 15.6. The summed E-state index contributed by atoms with van der Waals surface area (Å²) in [5.41, 5.74) is -1.02. The van der Waals surface area contributed by atoms with E-state index in [2.05, 4.69) is 27.2 Å². The number of nitrogens with two attached hydrogens (primary N) is 2. The number of nitrogens with one attached hydrogen (secondary N) is 1. The van der Waals surface area contributed by atoms with Crippen LogP contribution in [0, 0.1) is 23.5 Å². The molecule has 3 aromatic rings. The van der Waals surface area contributed by atoms with E-state index in [1.807, 2.05) is 31.3 Å². The van der Waals surface area contributed by atoms with E-state index in [1.165, 1.54) is 18.3 Å². The molecule has 0 amide bonds. The van der Waals surface area contributed by atoms with Crippen LogP contribution in [0.4, 0.5) is 18.9 Å². The van der Waals surface area contributed by atoms with Gasteiger partial charge in [-0.05, 0) is 42.5 Å². The number of alkyl halides is 1. The Morgan fingerprint density at radius 2 is 1.82 bits per heavy atom. The number of aromatic nitrogens is 1. The lowest BCUT2D eigenvalue weighted by atomic mass is 9.86.